The van der Waals surface area contributed by atoms with Crippen molar-refractivity contribution in [3.63, 3.8) is 0 Å². The van der Waals surface area contributed by atoms with E-state index >= 15 is 0 Å². The number of ether oxygens (including phenoxy) is 1. The van der Waals surface area contributed by atoms with Gasteiger partial charge in [-0.3, -0.25) is 4.79 Å². The van der Waals surface area contributed by atoms with Gasteiger partial charge in [0.25, 0.3) is 0 Å². The van der Waals surface area contributed by atoms with Gasteiger partial charge in [-0.15, -0.1) is 0 Å². The summed E-state index contributed by atoms with van der Waals surface area (Å²) in [6, 6.07) is 17.2. The second-order valence-corrected chi connectivity index (χ2v) is 9.02. The highest BCUT2D eigenvalue weighted by atomic mass is 16.5. The molecular formula is C26H34N2O2. The summed E-state index contributed by atoms with van der Waals surface area (Å²) in [7, 11) is 0. The van der Waals surface area contributed by atoms with Gasteiger partial charge >= 0.3 is 0 Å². The van der Waals surface area contributed by atoms with Crippen molar-refractivity contribution >= 4 is 5.91 Å². The molecule has 0 aliphatic carbocycles. The molecule has 0 unspecified atom stereocenters. The number of rotatable bonds is 5. The van der Waals surface area contributed by atoms with Crippen molar-refractivity contribution in [1.82, 2.24) is 9.80 Å². The van der Waals surface area contributed by atoms with Crippen molar-refractivity contribution in [2.24, 2.45) is 5.92 Å². The van der Waals surface area contributed by atoms with Gasteiger partial charge in [0, 0.05) is 25.1 Å². The minimum Gasteiger partial charge on any atom is -0.491 e. The molecule has 2 heterocycles. The molecule has 1 atom stereocenters. The normalized spacial score (nSPS) is 20.3. The van der Waals surface area contributed by atoms with Gasteiger partial charge in [0.15, 0.2) is 0 Å². The second kappa shape index (κ2) is 9.65. The molecule has 4 nitrogen and oxygen atoms in total. The number of nitrogens with zero attached hydrogens (tertiary/aromatic N) is 2. The van der Waals surface area contributed by atoms with Crippen LogP contribution in [0.5, 0.6) is 5.75 Å². The number of hydrogen-bond acceptors (Lipinski definition) is 3. The van der Waals surface area contributed by atoms with Crippen LogP contribution in [0.3, 0.4) is 0 Å². The molecule has 0 bridgehead atoms. The zero-order chi connectivity index (χ0) is 20.9. The summed E-state index contributed by atoms with van der Waals surface area (Å²) in [6.45, 7) is 8.45. The smallest absolute Gasteiger partial charge is 0.224 e. The Kier molecular flexibility index (Phi) is 6.73. The standard InChI is InChI=1S/C26H34N2O2/c1-20-8-9-25-24(16-20)18-28(21(2)19-30-25)26(29)12-15-27-13-10-23(11-14-27)17-22-6-4-3-5-7-22/h3-9,16,21,23H,10-15,17-19H2,1-2H3/t21-/m1/s1. The molecule has 2 aromatic carbocycles. The molecule has 4 heteroatoms. The molecule has 2 aromatic rings. The predicted molar refractivity (Wildman–Crippen MR) is 121 cm³/mol. The second-order valence-electron chi connectivity index (χ2n) is 9.02. The molecule has 1 saturated heterocycles. The van der Waals surface area contributed by atoms with E-state index in [9.17, 15) is 4.79 Å². The van der Waals surface area contributed by atoms with Crippen LogP contribution >= 0.6 is 0 Å². The van der Waals surface area contributed by atoms with E-state index in [1.165, 1.54) is 30.4 Å². The molecule has 2 aliphatic heterocycles. The van der Waals surface area contributed by atoms with Crippen LogP contribution < -0.4 is 4.74 Å². The van der Waals surface area contributed by atoms with Crippen molar-refractivity contribution in [3.8, 4) is 5.75 Å². The van der Waals surface area contributed by atoms with Gasteiger partial charge in [0.1, 0.15) is 12.4 Å². The maximum atomic E-state index is 13.0. The quantitative estimate of drug-likeness (QED) is 0.735. The van der Waals surface area contributed by atoms with Gasteiger partial charge in [-0.1, -0.05) is 48.0 Å². The lowest BCUT2D eigenvalue weighted by Crippen LogP contribution is -2.42. The average molecular weight is 407 g/mol. The van der Waals surface area contributed by atoms with Crippen LogP contribution in [-0.4, -0.2) is 48.0 Å². The Labute approximate surface area is 180 Å². The van der Waals surface area contributed by atoms with E-state index in [0.717, 1.165) is 36.9 Å². The third kappa shape index (κ3) is 5.23. The number of hydrogen-bond donors (Lipinski definition) is 0. The summed E-state index contributed by atoms with van der Waals surface area (Å²) in [4.78, 5) is 17.5. The molecule has 4 rings (SSSR count). The Morgan fingerprint density at radius 3 is 2.63 bits per heavy atom. The molecule has 0 radical (unpaired) electrons. The maximum Gasteiger partial charge on any atom is 0.224 e. The number of carbonyl (C=O) groups excluding carboxylic acids is 1. The Bertz CT molecular complexity index is 843. The Balaban J connectivity index is 1.26. The molecule has 2 aliphatic rings. The summed E-state index contributed by atoms with van der Waals surface area (Å²) in [5.41, 5.74) is 3.77. The van der Waals surface area contributed by atoms with Crippen LogP contribution in [0.4, 0.5) is 0 Å². The summed E-state index contributed by atoms with van der Waals surface area (Å²) in [5.74, 6) is 1.93. The molecule has 0 spiro atoms. The van der Waals surface area contributed by atoms with Crippen LogP contribution in [0.15, 0.2) is 48.5 Å². The molecule has 1 amide bonds. The Morgan fingerprint density at radius 1 is 1.10 bits per heavy atom. The van der Waals surface area contributed by atoms with Crippen LogP contribution in [0.2, 0.25) is 0 Å². The molecule has 0 N–H and O–H groups in total. The first-order valence-electron chi connectivity index (χ1n) is 11.4. The van der Waals surface area contributed by atoms with E-state index in [1.807, 2.05) is 11.0 Å². The third-order valence-electron chi connectivity index (χ3n) is 6.61. The van der Waals surface area contributed by atoms with Gasteiger partial charge in [0.2, 0.25) is 5.91 Å². The number of aryl methyl sites for hydroxylation is 1. The van der Waals surface area contributed by atoms with E-state index in [0.29, 0.717) is 19.6 Å². The highest BCUT2D eigenvalue weighted by Crippen LogP contribution is 2.27. The average Bonchev–Trinajstić information content (AvgIpc) is 2.92. The highest BCUT2D eigenvalue weighted by Gasteiger charge is 2.26. The lowest BCUT2D eigenvalue weighted by atomic mass is 9.90. The number of carbonyl (C=O) groups is 1. The zero-order valence-corrected chi connectivity index (χ0v) is 18.3. The van der Waals surface area contributed by atoms with Crippen LogP contribution in [-0.2, 0) is 17.8 Å². The number of amides is 1. The predicted octanol–water partition coefficient (Wildman–Crippen LogP) is 4.45. The van der Waals surface area contributed by atoms with E-state index in [4.69, 9.17) is 4.74 Å². The van der Waals surface area contributed by atoms with Crippen LogP contribution in [0.1, 0.15) is 42.9 Å². The van der Waals surface area contributed by atoms with Gasteiger partial charge in [-0.25, -0.2) is 0 Å². The first-order valence-corrected chi connectivity index (χ1v) is 11.4. The topological polar surface area (TPSA) is 32.8 Å². The SMILES string of the molecule is Cc1ccc2c(c1)CN(C(=O)CCN1CCC(Cc3ccccc3)CC1)[C@H](C)CO2. The zero-order valence-electron chi connectivity index (χ0n) is 18.3. The fourth-order valence-corrected chi connectivity index (χ4v) is 4.71. The van der Waals surface area contributed by atoms with Gasteiger partial charge in [-0.05, 0) is 63.7 Å². The fraction of sp³-hybridized carbons (Fsp3) is 0.500. The lowest BCUT2D eigenvalue weighted by Gasteiger charge is -2.33. The molecule has 160 valence electrons. The van der Waals surface area contributed by atoms with Gasteiger partial charge in [0.05, 0.1) is 6.04 Å². The van der Waals surface area contributed by atoms with Crippen molar-refractivity contribution in [2.75, 3.05) is 26.2 Å². The minimum atomic E-state index is 0.0989. The van der Waals surface area contributed by atoms with E-state index < -0.39 is 0 Å². The number of piperidine rings is 1. The molecule has 0 aromatic heterocycles. The van der Waals surface area contributed by atoms with Crippen LogP contribution in [0.25, 0.3) is 0 Å². The van der Waals surface area contributed by atoms with Crippen molar-refractivity contribution in [2.45, 2.75) is 52.1 Å². The van der Waals surface area contributed by atoms with E-state index in [2.05, 4.69) is 61.2 Å². The first kappa shape index (κ1) is 20.9. The van der Waals surface area contributed by atoms with E-state index in [1.54, 1.807) is 0 Å². The molecule has 1 fully saturated rings. The Hall–Kier alpha value is -2.33. The summed E-state index contributed by atoms with van der Waals surface area (Å²) in [5, 5.41) is 0. The minimum absolute atomic E-state index is 0.0989. The van der Waals surface area contributed by atoms with Crippen LogP contribution in [0, 0.1) is 12.8 Å². The van der Waals surface area contributed by atoms with Crippen molar-refractivity contribution in [3.05, 3.63) is 65.2 Å². The number of fused-ring (bicyclic) bond motifs is 1. The lowest BCUT2D eigenvalue weighted by molar-refractivity contribution is -0.134. The number of benzene rings is 2. The number of likely N-dealkylation sites (tertiary alicyclic amines) is 1. The summed E-state index contributed by atoms with van der Waals surface area (Å²) < 4.78 is 5.95. The highest BCUT2D eigenvalue weighted by molar-refractivity contribution is 5.77. The van der Waals surface area contributed by atoms with Gasteiger partial charge in [-0.2, -0.15) is 0 Å². The summed E-state index contributed by atoms with van der Waals surface area (Å²) >= 11 is 0. The van der Waals surface area contributed by atoms with Crippen molar-refractivity contribution < 1.29 is 9.53 Å². The Morgan fingerprint density at radius 2 is 1.87 bits per heavy atom. The first-order chi connectivity index (χ1) is 14.6. The van der Waals surface area contributed by atoms with E-state index in [-0.39, 0.29) is 11.9 Å². The fourth-order valence-electron chi connectivity index (χ4n) is 4.71. The monoisotopic (exact) mass is 406 g/mol. The molecule has 0 saturated carbocycles. The largest absolute Gasteiger partial charge is 0.491 e. The maximum absolute atomic E-state index is 13.0. The molecular weight excluding hydrogens is 372 g/mol. The van der Waals surface area contributed by atoms with Gasteiger partial charge < -0.3 is 14.5 Å². The molecule has 30 heavy (non-hydrogen) atoms. The summed E-state index contributed by atoms with van der Waals surface area (Å²) in [6.07, 6.45) is 4.22. The van der Waals surface area contributed by atoms with Crippen molar-refractivity contribution in [1.29, 1.82) is 0 Å². The third-order valence-corrected chi connectivity index (χ3v) is 6.61.